The molecule has 7 heteroatoms. The van der Waals surface area contributed by atoms with Gasteiger partial charge < -0.3 is 20.1 Å². The number of carbonyl (C=O) groups is 3. The van der Waals surface area contributed by atoms with Gasteiger partial charge in [0.1, 0.15) is 12.6 Å². The lowest BCUT2D eigenvalue weighted by Gasteiger charge is -2.23. The van der Waals surface area contributed by atoms with E-state index in [1.54, 1.807) is 0 Å². The van der Waals surface area contributed by atoms with Crippen LogP contribution in [0, 0.1) is 0 Å². The molecule has 1 unspecified atom stereocenters. The Hall–Kier alpha value is -1.63. The van der Waals surface area contributed by atoms with Crippen LogP contribution < -0.4 is 5.32 Å². The van der Waals surface area contributed by atoms with Crippen molar-refractivity contribution in [3.63, 3.8) is 0 Å². The molecule has 96 valence electrons. The summed E-state index contributed by atoms with van der Waals surface area (Å²) >= 11 is 0. The molecule has 0 radical (unpaired) electrons. The van der Waals surface area contributed by atoms with Gasteiger partial charge in [0, 0.05) is 20.1 Å². The van der Waals surface area contributed by atoms with E-state index < -0.39 is 12.0 Å². The first-order valence-corrected chi connectivity index (χ1v) is 5.33. The summed E-state index contributed by atoms with van der Waals surface area (Å²) < 4.78 is 4.81. The third-order valence-corrected chi connectivity index (χ3v) is 2.50. The summed E-state index contributed by atoms with van der Waals surface area (Å²) in [6.45, 7) is 0.0856. The predicted octanol–water partition coefficient (Wildman–Crippen LogP) is -1.18. The molecular weight excluding hydrogens is 228 g/mol. The SMILES string of the molecule is COCCN(CC(=O)O)C(=O)C1CCC(=O)N1. The van der Waals surface area contributed by atoms with Crippen molar-refractivity contribution in [2.75, 3.05) is 26.8 Å². The Morgan fingerprint density at radius 1 is 1.59 bits per heavy atom. The first-order valence-electron chi connectivity index (χ1n) is 5.33. The molecule has 0 aromatic carbocycles. The fraction of sp³-hybridized carbons (Fsp3) is 0.700. The number of ether oxygens (including phenoxy) is 1. The number of aliphatic carboxylic acids is 1. The minimum atomic E-state index is -1.08. The highest BCUT2D eigenvalue weighted by Gasteiger charge is 2.31. The quantitative estimate of drug-likeness (QED) is 0.613. The van der Waals surface area contributed by atoms with Crippen molar-refractivity contribution in [2.24, 2.45) is 0 Å². The van der Waals surface area contributed by atoms with Crippen LogP contribution in [0.3, 0.4) is 0 Å². The summed E-state index contributed by atoms with van der Waals surface area (Å²) in [5.74, 6) is -1.63. The van der Waals surface area contributed by atoms with Crippen LogP contribution in [0.4, 0.5) is 0 Å². The summed E-state index contributed by atoms with van der Waals surface area (Å²) in [6.07, 6.45) is 0.725. The highest BCUT2D eigenvalue weighted by atomic mass is 16.5. The zero-order valence-electron chi connectivity index (χ0n) is 9.64. The smallest absolute Gasteiger partial charge is 0.323 e. The Morgan fingerprint density at radius 3 is 2.76 bits per heavy atom. The van der Waals surface area contributed by atoms with Crippen LogP contribution in [0.2, 0.25) is 0 Å². The molecule has 1 aliphatic heterocycles. The molecule has 1 rings (SSSR count). The maximum absolute atomic E-state index is 11.9. The monoisotopic (exact) mass is 244 g/mol. The molecular formula is C10H16N2O5. The number of hydrogen-bond acceptors (Lipinski definition) is 4. The van der Waals surface area contributed by atoms with Gasteiger partial charge in [0.05, 0.1) is 6.61 Å². The summed E-state index contributed by atoms with van der Waals surface area (Å²) in [4.78, 5) is 34.7. The normalized spacial score (nSPS) is 18.9. The summed E-state index contributed by atoms with van der Waals surface area (Å²) in [6, 6.07) is -0.598. The molecule has 2 amide bonds. The van der Waals surface area contributed by atoms with Gasteiger partial charge in [0.2, 0.25) is 11.8 Å². The second-order valence-electron chi connectivity index (χ2n) is 3.81. The summed E-state index contributed by atoms with van der Waals surface area (Å²) in [5.41, 5.74) is 0. The van der Waals surface area contributed by atoms with E-state index in [-0.39, 0.29) is 31.5 Å². The standard InChI is InChI=1S/C10H16N2O5/c1-17-5-4-12(6-9(14)15)10(16)7-2-3-8(13)11-7/h7H,2-6H2,1H3,(H,11,13)(H,14,15). The molecule has 1 fully saturated rings. The Kier molecular flexibility index (Phi) is 4.89. The average molecular weight is 244 g/mol. The second-order valence-corrected chi connectivity index (χ2v) is 3.81. The lowest BCUT2D eigenvalue weighted by atomic mass is 10.2. The Morgan fingerprint density at radius 2 is 2.29 bits per heavy atom. The molecule has 0 aromatic heterocycles. The average Bonchev–Trinajstić information content (AvgIpc) is 2.69. The van der Waals surface area contributed by atoms with Gasteiger partial charge in [-0.2, -0.15) is 0 Å². The molecule has 1 aliphatic rings. The summed E-state index contributed by atoms with van der Waals surface area (Å²) in [5, 5.41) is 11.2. The molecule has 0 spiro atoms. The molecule has 17 heavy (non-hydrogen) atoms. The van der Waals surface area contributed by atoms with Crippen LogP contribution in [-0.2, 0) is 19.1 Å². The molecule has 7 nitrogen and oxygen atoms in total. The molecule has 2 N–H and O–H groups in total. The number of nitrogens with zero attached hydrogens (tertiary/aromatic N) is 1. The van der Waals surface area contributed by atoms with E-state index >= 15 is 0 Å². The van der Waals surface area contributed by atoms with Crippen molar-refractivity contribution in [1.82, 2.24) is 10.2 Å². The van der Waals surface area contributed by atoms with Gasteiger partial charge in [-0.3, -0.25) is 14.4 Å². The lowest BCUT2D eigenvalue weighted by molar-refractivity contribution is -0.145. The predicted molar refractivity (Wildman–Crippen MR) is 57.3 cm³/mol. The summed E-state index contributed by atoms with van der Waals surface area (Å²) in [7, 11) is 1.47. The maximum Gasteiger partial charge on any atom is 0.323 e. The van der Waals surface area contributed by atoms with Crippen LogP contribution in [-0.4, -0.2) is 60.6 Å². The van der Waals surface area contributed by atoms with Crippen LogP contribution in [0.5, 0.6) is 0 Å². The van der Waals surface area contributed by atoms with Gasteiger partial charge in [-0.15, -0.1) is 0 Å². The zero-order chi connectivity index (χ0) is 12.8. The van der Waals surface area contributed by atoms with Crippen LogP contribution in [0.15, 0.2) is 0 Å². The van der Waals surface area contributed by atoms with E-state index in [0.29, 0.717) is 12.8 Å². The van der Waals surface area contributed by atoms with Gasteiger partial charge >= 0.3 is 5.97 Å². The molecule has 1 atom stereocenters. The fourth-order valence-corrected chi connectivity index (χ4v) is 1.65. The maximum atomic E-state index is 11.9. The van der Waals surface area contributed by atoms with Gasteiger partial charge in [0.15, 0.2) is 0 Å². The van der Waals surface area contributed by atoms with E-state index in [4.69, 9.17) is 9.84 Å². The van der Waals surface area contributed by atoms with Crippen LogP contribution in [0.25, 0.3) is 0 Å². The molecule has 0 saturated carbocycles. The number of hydrogen-bond donors (Lipinski definition) is 2. The van der Waals surface area contributed by atoms with Crippen molar-refractivity contribution < 1.29 is 24.2 Å². The molecule has 0 bridgehead atoms. The van der Waals surface area contributed by atoms with Gasteiger partial charge in [0.25, 0.3) is 0 Å². The number of nitrogens with one attached hydrogen (secondary N) is 1. The minimum Gasteiger partial charge on any atom is -0.480 e. The number of carbonyl (C=O) groups excluding carboxylic acids is 2. The lowest BCUT2D eigenvalue weighted by Crippen LogP contribution is -2.47. The molecule has 0 aromatic rings. The van der Waals surface area contributed by atoms with E-state index in [9.17, 15) is 14.4 Å². The first kappa shape index (κ1) is 13.4. The minimum absolute atomic E-state index is 0.176. The topological polar surface area (TPSA) is 95.9 Å². The van der Waals surface area contributed by atoms with Gasteiger partial charge in [-0.1, -0.05) is 0 Å². The first-order chi connectivity index (χ1) is 8.04. The molecule has 0 aliphatic carbocycles. The van der Waals surface area contributed by atoms with Crippen molar-refractivity contribution >= 4 is 17.8 Å². The second kappa shape index (κ2) is 6.19. The number of carboxylic acid groups (broad SMARTS) is 1. The van der Waals surface area contributed by atoms with Crippen molar-refractivity contribution in [1.29, 1.82) is 0 Å². The molecule has 1 heterocycles. The highest BCUT2D eigenvalue weighted by molar-refractivity contribution is 5.92. The number of methoxy groups -OCH3 is 1. The van der Waals surface area contributed by atoms with Crippen molar-refractivity contribution in [2.45, 2.75) is 18.9 Å². The Labute approximate surface area is 98.7 Å². The van der Waals surface area contributed by atoms with E-state index in [0.717, 1.165) is 0 Å². The van der Waals surface area contributed by atoms with E-state index in [1.165, 1.54) is 12.0 Å². The fourth-order valence-electron chi connectivity index (χ4n) is 1.65. The van der Waals surface area contributed by atoms with Crippen molar-refractivity contribution in [3.8, 4) is 0 Å². The number of amides is 2. The largest absolute Gasteiger partial charge is 0.480 e. The van der Waals surface area contributed by atoms with Crippen LogP contribution in [0.1, 0.15) is 12.8 Å². The third kappa shape index (κ3) is 4.03. The number of rotatable bonds is 6. The molecule has 1 saturated heterocycles. The van der Waals surface area contributed by atoms with Crippen molar-refractivity contribution in [3.05, 3.63) is 0 Å². The highest BCUT2D eigenvalue weighted by Crippen LogP contribution is 2.09. The third-order valence-electron chi connectivity index (χ3n) is 2.50. The zero-order valence-corrected chi connectivity index (χ0v) is 9.64. The van der Waals surface area contributed by atoms with Gasteiger partial charge in [-0.25, -0.2) is 0 Å². The van der Waals surface area contributed by atoms with E-state index in [1.807, 2.05) is 0 Å². The number of carboxylic acids is 1. The Balaban J connectivity index is 2.58. The van der Waals surface area contributed by atoms with Gasteiger partial charge in [-0.05, 0) is 6.42 Å². The van der Waals surface area contributed by atoms with E-state index in [2.05, 4.69) is 5.32 Å². The van der Waals surface area contributed by atoms with Crippen LogP contribution >= 0.6 is 0 Å². The Bertz CT molecular complexity index is 318.